The number of fused-ring (bicyclic) bond motifs is 14. The van der Waals surface area contributed by atoms with Crippen LogP contribution in [-0.2, 0) is 68.5 Å². The number of aromatic hydroxyl groups is 4. The first-order valence-corrected chi connectivity index (χ1v) is 45.1. The summed E-state index contributed by atoms with van der Waals surface area (Å²) in [4.78, 5) is 143. The Morgan fingerprint density at radius 1 is 0.522 bits per heavy atom. The summed E-state index contributed by atoms with van der Waals surface area (Å²) in [6, 6.07) is 1.85. The van der Waals surface area contributed by atoms with Crippen LogP contribution in [0, 0.1) is 0 Å². The molecule has 0 aromatic heterocycles. The number of unbranched alkanes of at least 4 members (excludes halogenated alkanes) is 3. The van der Waals surface area contributed by atoms with Crippen molar-refractivity contribution in [1.29, 1.82) is 0 Å². The van der Waals surface area contributed by atoms with Crippen molar-refractivity contribution < 1.29 is 157 Å². The van der Waals surface area contributed by atoms with Crippen LogP contribution >= 0.6 is 23.2 Å². The van der Waals surface area contributed by atoms with E-state index in [0.717, 1.165) is 111 Å². The van der Waals surface area contributed by atoms with Crippen LogP contribution in [-0.4, -0.2) is 281 Å². The van der Waals surface area contributed by atoms with E-state index in [9.17, 15) is 85.9 Å². The molecule has 0 radical (unpaired) electrons. The predicted octanol–water partition coefficient (Wildman–Crippen LogP) is 0.923. The molecule has 0 unspecified atom stereocenters. The second-order valence-corrected chi connectivity index (χ2v) is 35.3. The minimum atomic E-state index is -2.52. The minimum absolute atomic E-state index is 0.0318. The van der Waals surface area contributed by atoms with Gasteiger partial charge in [-0.15, -0.1) is 0 Å². The van der Waals surface area contributed by atoms with Crippen LogP contribution in [0.15, 0.2) is 127 Å². The van der Waals surface area contributed by atoms with E-state index in [2.05, 4.69) is 47.9 Å². The highest BCUT2D eigenvalue weighted by Crippen LogP contribution is 2.51. The molecule has 9 heterocycles. The van der Waals surface area contributed by atoms with E-state index < -0.39 is 304 Å². The number of allylic oxidation sites excluding steroid dienone is 2. The maximum atomic E-state index is 17.2. The molecule has 0 saturated carbocycles. The van der Waals surface area contributed by atoms with Gasteiger partial charge in [-0.25, -0.2) is 0 Å². The molecular formula is C93H107Cl2N11O32. The van der Waals surface area contributed by atoms with E-state index in [1.807, 2.05) is 13.0 Å². The number of aliphatic hydroxyl groups is 10. The highest BCUT2D eigenvalue weighted by molar-refractivity contribution is 6.32. The summed E-state index contributed by atoms with van der Waals surface area (Å²) >= 11 is 14.9. The van der Waals surface area contributed by atoms with Gasteiger partial charge in [0.1, 0.15) is 162 Å². The summed E-state index contributed by atoms with van der Waals surface area (Å²) in [5.41, 5.74) is 3.40. The molecule has 17 bridgehead atoms. The summed E-state index contributed by atoms with van der Waals surface area (Å²) in [5.74, 6) is -18.1. The topological polar surface area (TPSA) is 657 Å². The summed E-state index contributed by atoms with van der Waals surface area (Å²) in [6.45, 7) is 0.103. The Morgan fingerprint density at radius 3 is 1.74 bits per heavy atom. The van der Waals surface area contributed by atoms with Crippen molar-refractivity contribution in [2.24, 2.45) is 5.73 Å². The summed E-state index contributed by atoms with van der Waals surface area (Å²) in [7, 11) is 3.47. The molecule has 138 heavy (non-hydrogen) atoms. The number of carbonyl (C=O) groups is 9. The number of rotatable bonds is 23. The maximum absolute atomic E-state index is 17.2. The number of benzene rings is 7. The Hall–Kier alpha value is -12.3. The van der Waals surface area contributed by atoms with Gasteiger partial charge in [-0.05, 0) is 164 Å². The number of ether oxygens (including phenoxy) is 9. The molecule has 23 atom stereocenters. The van der Waals surface area contributed by atoms with Gasteiger partial charge >= 0.3 is 0 Å². The molecule has 3 saturated heterocycles. The standard InChI is InChI=1S/C93H107Cl2N11O32/c1-5-6-7-8-9-10-11-13-65(115)100-73-79(120)76(117)63(37-108)135-92(73)138-83-60-31-45-32-61(83)132-57-21-17-43(29-52(57)95)82(137-91-72(98-39(2)110)78(119)75(116)62(36-107)134-91)74-90(129)104-71(86(125)97-22-12-23-106(3)4)50-34-47(112)35-59(133-93-81(122)80(121)77(118)64(38-109)136-93)66(50)49-28-42(16-18-54(49)113)68(87(126)105-74)102-89(128)70(45)103-88(127)69-44-26-46(111)33-48(27-44)130-58-30-41(15-19-55(58)114)67(96)85(124)99-53(84(123)101-69)25-40-14-20-56(131-60)51(94)24-40/h9-10,14-21,24,26-35,53,62-64,67-82,91-93,107-109,111-114,116-122H,5-8,11-13,22-23,25,36-38,96H2,1-4H3,(H,97,125)(H,98,110)(H,99,124)(H,100,115)(H,101,123)(H,102,128)(H,103,127)(H,104,129)(H,105,126)/b10-9+/t53-,62-,63-,64-,67+,68-,69+,70-,71+,72-,73-,74+,75-,76-,77-,78-,79-,80+,81+,82-,91+,92+,93+/m1/s1. The molecule has 43 nitrogen and oxygen atoms in total. The van der Waals surface area contributed by atoms with Gasteiger partial charge in [0.05, 0.1) is 29.9 Å². The fourth-order valence-corrected chi connectivity index (χ4v) is 17.4. The van der Waals surface area contributed by atoms with Crippen LogP contribution in [0.2, 0.25) is 10.0 Å². The Bertz CT molecular complexity index is 5740. The number of nitrogens with one attached hydrogen (secondary N) is 9. The SMILES string of the molecule is CCCCC/C=C/CCC(=O)N[C@H]1[C@H](Oc2c3cc4cc2Oc2ccc(cc2Cl)[C@@H](O[C@@H]2O[C@H](CO)[C@@H](O)[C@H](O)[C@H]2NC(C)=O)[C@@H]2NC(=O)[C@H](NC(=O)[C@@H]4NC(=O)[C@H]4NC(=O)[C@@H](Cc5ccc(c(Cl)c5)O3)NC(=O)[C@@H](N)c3ccc(O)c(c3)Oc3cc(O)cc4c3)c3ccc(O)c(c3)-c3c(O[C@H]4O[C@H](CO)[C@@H](O)[C@H](O)[C@@H]4O)cc(O)cc3[C@@H](C(=O)NCCCN(C)C)NC2=O)O[C@H](CO)[C@@H](O)[C@@H]1O. The normalized spacial score (nSPS) is 28.2. The number of hydrogen-bond donors (Lipinski definition) is 24. The Kier molecular flexibility index (Phi) is 32.5. The van der Waals surface area contributed by atoms with E-state index in [1.54, 1.807) is 25.1 Å². The quantitative estimate of drug-likeness (QED) is 0.0313. The maximum Gasteiger partial charge on any atom is 0.248 e. The van der Waals surface area contributed by atoms with Crippen LogP contribution in [0.1, 0.15) is 134 Å². The van der Waals surface area contributed by atoms with E-state index in [-0.39, 0.29) is 70.3 Å². The molecular weight excluding hydrogens is 1850 g/mol. The second-order valence-electron chi connectivity index (χ2n) is 34.5. The second kappa shape index (κ2) is 44.2. The van der Waals surface area contributed by atoms with Gasteiger partial charge in [-0.2, -0.15) is 0 Å². The number of halogens is 2. The van der Waals surface area contributed by atoms with Crippen molar-refractivity contribution in [3.8, 4) is 80.1 Å². The van der Waals surface area contributed by atoms with Crippen LogP contribution < -0.4 is 77.3 Å². The average molecular weight is 1960 g/mol. The van der Waals surface area contributed by atoms with Crippen molar-refractivity contribution in [3.05, 3.63) is 176 Å². The van der Waals surface area contributed by atoms with E-state index in [4.69, 9.17) is 71.6 Å². The lowest BCUT2D eigenvalue weighted by atomic mass is 9.89. The predicted molar refractivity (Wildman–Crippen MR) is 482 cm³/mol. The third-order valence-corrected chi connectivity index (χ3v) is 24.8. The largest absolute Gasteiger partial charge is 0.508 e. The number of phenols is 4. The zero-order valence-corrected chi connectivity index (χ0v) is 76.0. The van der Waals surface area contributed by atoms with Gasteiger partial charge in [0, 0.05) is 49.6 Å². The van der Waals surface area contributed by atoms with Gasteiger partial charge in [0.25, 0.3) is 0 Å². The molecule has 9 aliphatic heterocycles. The molecule has 740 valence electrons. The zero-order chi connectivity index (χ0) is 99.1. The highest BCUT2D eigenvalue weighted by atomic mass is 35.5. The third kappa shape index (κ3) is 22.8. The number of aliphatic hydroxyl groups excluding tert-OH is 10. The highest BCUT2D eigenvalue weighted by Gasteiger charge is 2.52. The number of nitrogens with zero attached hydrogens (tertiary/aromatic N) is 1. The smallest absolute Gasteiger partial charge is 0.248 e. The first-order valence-electron chi connectivity index (χ1n) is 44.3. The Balaban J connectivity index is 1.05. The fourth-order valence-electron chi connectivity index (χ4n) is 17.0. The Labute approximate surface area is 797 Å². The summed E-state index contributed by atoms with van der Waals surface area (Å²) < 4.78 is 58.2. The molecule has 3 fully saturated rings. The van der Waals surface area contributed by atoms with Gasteiger partial charge in [-0.1, -0.05) is 79.4 Å². The Morgan fingerprint density at radius 2 is 1.09 bits per heavy atom. The summed E-state index contributed by atoms with van der Waals surface area (Å²) in [6.07, 6.45) is -21.7. The molecule has 7 aromatic rings. The molecule has 9 amide bonds. The first kappa shape index (κ1) is 102. The molecule has 0 spiro atoms. The first-order chi connectivity index (χ1) is 65.9. The number of hydrogen-bond acceptors (Lipinski definition) is 34. The van der Waals surface area contributed by atoms with Gasteiger partial charge in [0.2, 0.25) is 71.5 Å². The number of amides is 9. The van der Waals surface area contributed by atoms with E-state index in [0.29, 0.717) is 13.0 Å². The van der Waals surface area contributed by atoms with Crippen LogP contribution in [0.3, 0.4) is 0 Å². The van der Waals surface area contributed by atoms with Gasteiger partial charge < -0.3 is 173 Å². The fraction of sp³-hybridized carbons (Fsp3) is 0.430. The van der Waals surface area contributed by atoms with Gasteiger partial charge in [-0.3, -0.25) is 43.2 Å². The van der Waals surface area contributed by atoms with Crippen molar-refractivity contribution >= 4 is 76.4 Å². The molecule has 7 aromatic carbocycles. The monoisotopic (exact) mass is 1960 g/mol. The minimum Gasteiger partial charge on any atom is -0.508 e. The third-order valence-electron chi connectivity index (χ3n) is 24.2. The lowest BCUT2D eigenvalue weighted by molar-refractivity contribution is -0.284. The average Bonchev–Trinajstić information content (AvgIpc) is 0.752. The van der Waals surface area contributed by atoms with Crippen molar-refractivity contribution in [2.45, 2.75) is 206 Å². The lowest BCUT2D eigenvalue weighted by Crippen LogP contribution is -2.65. The molecule has 9 aliphatic rings. The van der Waals surface area contributed by atoms with Crippen LogP contribution in [0.25, 0.3) is 11.1 Å². The van der Waals surface area contributed by atoms with Crippen molar-refractivity contribution in [2.75, 3.05) is 47.0 Å². The van der Waals surface area contributed by atoms with Crippen molar-refractivity contribution in [1.82, 2.24) is 52.8 Å². The molecule has 45 heteroatoms. The van der Waals surface area contributed by atoms with Crippen molar-refractivity contribution in [3.63, 3.8) is 0 Å². The molecule has 0 aliphatic carbocycles. The number of carbonyl (C=O) groups excluding carboxylic acids is 9. The van der Waals surface area contributed by atoms with Crippen LogP contribution in [0.4, 0.5) is 0 Å². The van der Waals surface area contributed by atoms with Crippen LogP contribution in [0.5, 0.6) is 69.0 Å². The number of phenolic OH excluding ortho intramolecular Hbond substituents is 4. The van der Waals surface area contributed by atoms with E-state index >= 15 is 28.8 Å². The number of nitrogens with two attached hydrogens (primary N) is 1. The van der Waals surface area contributed by atoms with E-state index in [1.165, 1.54) is 30.3 Å². The molecule has 25 N–H and O–H groups in total. The lowest BCUT2D eigenvalue weighted by Gasteiger charge is -2.44. The van der Waals surface area contributed by atoms with Gasteiger partial charge in [0.15, 0.2) is 29.3 Å². The molecule has 16 rings (SSSR count). The summed E-state index contributed by atoms with van der Waals surface area (Å²) in [5, 5.41) is 184. The zero-order valence-electron chi connectivity index (χ0n) is 74.5.